The molecule has 2 aromatic carbocycles. The van der Waals surface area contributed by atoms with E-state index in [0.717, 1.165) is 54.5 Å². The zero-order valence-electron chi connectivity index (χ0n) is 15.7. The summed E-state index contributed by atoms with van der Waals surface area (Å²) in [6.07, 6.45) is 0.379. The number of ether oxygens (including phenoxy) is 2. The molecule has 0 N–H and O–H groups in total. The number of rotatable bonds is 5. The van der Waals surface area contributed by atoms with Gasteiger partial charge < -0.3 is 19.3 Å². The van der Waals surface area contributed by atoms with Crippen LogP contribution in [-0.4, -0.2) is 51.2 Å². The maximum atomic E-state index is 12.7. The maximum Gasteiger partial charge on any atom is 0.227 e. The summed E-state index contributed by atoms with van der Waals surface area (Å²) >= 11 is 0. The molecule has 1 heterocycles. The third-order valence-electron chi connectivity index (χ3n) is 4.83. The maximum absolute atomic E-state index is 12.7. The van der Waals surface area contributed by atoms with Crippen molar-refractivity contribution in [2.75, 3.05) is 45.3 Å². The van der Waals surface area contributed by atoms with Crippen molar-refractivity contribution in [1.82, 2.24) is 4.90 Å². The average molecular weight is 354 g/mol. The number of anilines is 1. The van der Waals surface area contributed by atoms with Crippen molar-refractivity contribution in [3.63, 3.8) is 0 Å². The van der Waals surface area contributed by atoms with Crippen molar-refractivity contribution in [2.24, 2.45) is 0 Å². The summed E-state index contributed by atoms with van der Waals surface area (Å²) in [5.41, 5.74) is 3.22. The smallest absolute Gasteiger partial charge is 0.227 e. The van der Waals surface area contributed by atoms with Gasteiger partial charge in [-0.3, -0.25) is 4.79 Å². The Balaban J connectivity index is 1.61. The molecule has 0 bridgehead atoms. The molecule has 1 aliphatic heterocycles. The Morgan fingerprint density at radius 3 is 2.46 bits per heavy atom. The molecule has 26 heavy (non-hydrogen) atoms. The summed E-state index contributed by atoms with van der Waals surface area (Å²) in [6.45, 7) is 5.13. The van der Waals surface area contributed by atoms with Gasteiger partial charge >= 0.3 is 0 Å². The number of benzene rings is 2. The Morgan fingerprint density at radius 1 is 1.00 bits per heavy atom. The molecule has 0 aliphatic carbocycles. The summed E-state index contributed by atoms with van der Waals surface area (Å²) < 4.78 is 10.7. The van der Waals surface area contributed by atoms with E-state index in [1.54, 1.807) is 14.2 Å². The molecular formula is C21H26N2O3. The SMILES string of the molecule is COc1cccc(N2CCN(C(=O)Cc3cc(C)ccc3OC)CC2)c1. The lowest BCUT2D eigenvalue weighted by Crippen LogP contribution is -2.49. The molecule has 0 unspecified atom stereocenters. The molecule has 1 fully saturated rings. The van der Waals surface area contributed by atoms with Gasteiger partial charge in [0, 0.05) is 43.5 Å². The van der Waals surface area contributed by atoms with Crippen molar-refractivity contribution in [3.8, 4) is 11.5 Å². The summed E-state index contributed by atoms with van der Waals surface area (Å²) in [6, 6.07) is 14.0. The molecule has 3 rings (SSSR count). The first kappa shape index (κ1) is 18.1. The minimum Gasteiger partial charge on any atom is -0.497 e. The van der Waals surface area contributed by atoms with Crippen LogP contribution in [-0.2, 0) is 11.2 Å². The summed E-state index contributed by atoms with van der Waals surface area (Å²) in [5.74, 6) is 1.78. The van der Waals surface area contributed by atoms with Crippen LogP contribution in [0.15, 0.2) is 42.5 Å². The van der Waals surface area contributed by atoms with Gasteiger partial charge in [-0.05, 0) is 25.1 Å². The quantitative estimate of drug-likeness (QED) is 0.828. The molecule has 1 amide bonds. The van der Waals surface area contributed by atoms with Gasteiger partial charge in [-0.2, -0.15) is 0 Å². The minimum absolute atomic E-state index is 0.152. The Kier molecular flexibility index (Phi) is 5.66. The molecule has 5 heteroatoms. The topological polar surface area (TPSA) is 42.0 Å². The Bertz CT molecular complexity index is 768. The van der Waals surface area contributed by atoms with Gasteiger partial charge in [0.25, 0.3) is 0 Å². The molecule has 2 aromatic rings. The Morgan fingerprint density at radius 2 is 1.77 bits per heavy atom. The molecular weight excluding hydrogens is 328 g/mol. The molecule has 0 atom stereocenters. The van der Waals surface area contributed by atoms with Crippen LogP contribution in [0.2, 0.25) is 0 Å². The van der Waals surface area contributed by atoms with E-state index in [-0.39, 0.29) is 5.91 Å². The molecule has 0 saturated carbocycles. The van der Waals surface area contributed by atoms with Crippen molar-refractivity contribution in [2.45, 2.75) is 13.3 Å². The van der Waals surface area contributed by atoms with Gasteiger partial charge in [0.15, 0.2) is 0 Å². The fourth-order valence-corrected chi connectivity index (χ4v) is 3.34. The molecule has 0 radical (unpaired) electrons. The van der Waals surface area contributed by atoms with Crippen LogP contribution in [0.4, 0.5) is 5.69 Å². The van der Waals surface area contributed by atoms with Gasteiger partial charge in [-0.1, -0.05) is 23.8 Å². The molecule has 1 saturated heterocycles. The van der Waals surface area contributed by atoms with Gasteiger partial charge in [-0.15, -0.1) is 0 Å². The monoisotopic (exact) mass is 354 g/mol. The number of piperazine rings is 1. The fourth-order valence-electron chi connectivity index (χ4n) is 3.34. The van der Waals surface area contributed by atoms with Crippen molar-refractivity contribution in [1.29, 1.82) is 0 Å². The zero-order valence-corrected chi connectivity index (χ0v) is 15.7. The van der Waals surface area contributed by atoms with Gasteiger partial charge in [0.05, 0.1) is 20.6 Å². The van der Waals surface area contributed by atoms with Crippen LogP contribution < -0.4 is 14.4 Å². The predicted molar refractivity (Wildman–Crippen MR) is 103 cm³/mol. The highest BCUT2D eigenvalue weighted by atomic mass is 16.5. The van der Waals surface area contributed by atoms with E-state index >= 15 is 0 Å². The molecule has 0 aromatic heterocycles. The van der Waals surface area contributed by atoms with Gasteiger partial charge in [-0.25, -0.2) is 0 Å². The lowest BCUT2D eigenvalue weighted by molar-refractivity contribution is -0.130. The molecule has 1 aliphatic rings. The Labute approximate surface area is 155 Å². The first-order chi connectivity index (χ1) is 12.6. The predicted octanol–water partition coefficient (Wildman–Crippen LogP) is 2.90. The number of aryl methyl sites for hydroxylation is 1. The summed E-state index contributed by atoms with van der Waals surface area (Å²) in [5, 5.41) is 0. The Hall–Kier alpha value is -2.69. The van der Waals surface area contributed by atoms with Crippen LogP contribution >= 0.6 is 0 Å². The number of hydrogen-bond donors (Lipinski definition) is 0. The first-order valence-corrected chi connectivity index (χ1v) is 8.91. The van der Waals surface area contributed by atoms with Crippen LogP contribution in [0.25, 0.3) is 0 Å². The van der Waals surface area contributed by atoms with Gasteiger partial charge in [0.1, 0.15) is 11.5 Å². The zero-order chi connectivity index (χ0) is 18.5. The summed E-state index contributed by atoms with van der Waals surface area (Å²) in [4.78, 5) is 17.0. The number of nitrogens with zero attached hydrogens (tertiary/aromatic N) is 2. The average Bonchev–Trinajstić information content (AvgIpc) is 2.68. The van der Waals surface area contributed by atoms with Crippen LogP contribution in [0.3, 0.4) is 0 Å². The number of carbonyl (C=O) groups is 1. The van der Waals surface area contributed by atoms with E-state index in [1.807, 2.05) is 48.2 Å². The highest BCUT2D eigenvalue weighted by Gasteiger charge is 2.22. The standard InChI is InChI=1S/C21H26N2O3/c1-16-7-8-20(26-3)17(13-16)14-21(24)23-11-9-22(10-12-23)18-5-4-6-19(15-18)25-2/h4-8,13,15H,9-12,14H2,1-3H3. The second-order valence-corrected chi connectivity index (χ2v) is 6.56. The second kappa shape index (κ2) is 8.13. The molecule has 0 spiro atoms. The number of amides is 1. The van der Waals surface area contributed by atoms with Crippen molar-refractivity contribution >= 4 is 11.6 Å². The lowest BCUT2D eigenvalue weighted by atomic mass is 10.1. The highest BCUT2D eigenvalue weighted by Crippen LogP contribution is 2.23. The van der Waals surface area contributed by atoms with Crippen molar-refractivity contribution in [3.05, 3.63) is 53.6 Å². The highest BCUT2D eigenvalue weighted by molar-refractivity contribution is 5.80. The van der Waals surface area contributed by atoms with Crippen LogP contribution in [0.1, 0.15) is 11.1 Å². The normalized spacial score (nSPS) is 14.3. The van der Waals surface area contributed by atoms with Crippen LogP contribution in [0.5, 0.6) is 11.5 Å². The fraction of sp³-hybridized carbons (Fsp3) is 0.381. The second-order valence-electron chi connectivity index (χ2n) is 6.56. The molecule has 138 valence electrons. The van der Waals surface area contributed by atoms with E-state index in [4.69, 9.17) is 9.47 Å². The van der Waals surface area contributed by atoms with Gasteiger partial charge in [0.2, 0.25) is 5.91 Å². The number of hydrogen-bond acceptors (Lipinski definition) is 4. The number of methoxy groups -OCH3 is 2. The first-order valence-electron chi connectivity index (χ1n) is 8.91. The van der Waals surface area contributed by atoms with E-state index < -0.39 is 0 Å². The van der Waals surface area contributed by atoms with Crippen molar-refractivity contribution < 1.29 is 14.3 Å². The lowest BCUT2D eigenvalue weighted by Gasteiger charge is -2.36. The van der Waals surface area contributed by atoms with E-state index in [1.165, 1.54) is 0 Å². The summed E-state index contributed by atoms with van der Waals surface area (Å²) in [7, 11) is 3.32. The third kappa shape index (κ3) is 4.10. The molecule has 5 nitrogen and oxygen atoms in total. The van der Waals surface area contributed by atoms with Crippen LogP contribution in [0, 0.1) is 6.92 Å². The van der Waals surface area contributed by atoms with E-state index in [0.29, 0.717) is 6.42 Å². The third-order valence-corrected chi connectivity index (χ3v) is 4.83. The minimum atomic E-state index is 0.152. The van der Waals surface area contributed by atoms with E-state index in [9.17, 15) is 4.79 Å². The largest absolute Gasteiger partial charge is 0.497 e. The van der Waals surface area contributed by atoms with E-state index in [2.05, 4.69) is 11.0 Å². The number of carbonyl (C=O) groups excluding carboxylic acids is 1.